The second kappa shape index (κ2) is 6.92. The van der Waals surface area contributed by atoms with Gasteiger partial charge in [-0.05, 0) is 29.7 Å². The Hall–Kier alpha value is -1.84. The minimum absolute atomic E-state index is 0.00621. The van der Waals surface area contributed by atoms with Gasteiger partial charge in [-0.15, -0.1) is 0 Å². The fourth-order valence-corrected chi connectivity index (χ4v) is 1.83. The molecule has 2 rings (SSSR count). The van der Waals surface area contributed by atoms with Gasteiger partial charge in [0, 0.05) is 6.04 Å². The summed E-state index contributed by atoms with van der Waals surface area (Å²) >= 11 is 0. The summed E-state index contributed by atoms with van der Waals surface area (Å²) in [6.07, 6.45) is 0.676. The van der Waals surface area contributed by atoms with Gasteiger partial charge in [-0.1, -0.05) is 42.5 Å². The van der Waals surface area contributed by atoms with Crippen molar-refractivity contribution in [2.24, 2.45) is 5.73 Å². The van der Waals surface area contributed by atoms with Crippen molar-refractivity contribution < 1.29 is 9.84 Å². The van der Waals surface area contributed by atoms with Crippen molar-refractivity contribution in [1.29, 1.82) is 0 Å². The summed E-state index contributed by atoms with van der Waals surface area (Å²) in [6, 6.07) is 17.7. The van der Waals surface area contributed by atoms with Gasteiger partial charge in [-0.3, -0.25) is 0 Å². The molecule has 3 nitrogen and oxygen atoms in total. The van der Waals surface area contributed by atoms with Gasteiger partial charge < -0.3 is 15.6 Å². The molecule has 0 fully saturated rings. The first-order valence-electron chi connectivity index (χ1n) is 6.40. The van der Waals surface area contributed by atoms with Crippen LogP contribution in [0.5, 0.6) is 5.75 Å². The number of aliphatic hydroxyl groups is 1. The monoisotopic (exact) mass is 257 g/mol. The van der Waals surface area contributed by atoms with Crippen LogP contribution in [0.1, 0.15) is 11.1 Å². The Balaban J connectivity index is 1.88. The van der Waals surface area contributed by atoms with Crippen LogP contribution < -0.4 is 10.5 Å². The molecule has 0 aliphatic heterocycles. The lowest BCUT2D eigenvalue weighted by Crippen LogP contribution is -2.26. The van der Waals surface area contributed by atoms with Gasteiger partial charge in [0.2, 0.25) is 0 Å². The fourth-order valence-electron chi connectivity index (χ4n) is 1.83. The minimum Gasteiger partial charge on any atom is -0.489 e. The van der Waals surface area contributed by atoms with Crippen molar-refractivity contribution in [1.82, 2.24) is 0 Å². The second-order valence-electron chi connectivity index (χ2n) is 4.57. The van der Waals surface area contributed by atoms with Gasteiger partial charge in [0.05, 0.1) is 6.61 Å². The summed E-state index contributed by atoms with van der Waals surface area (Å²) in [6.45, 7) is 0.572. The zero-order chi connectivity index (χ0) is 13.5. The summed E-state index contributed by atoms with van der Waals surface area (Å²) in [5.41, 5.74) is 7.95. The van der Waals surface area contributed by atoms with Crippen LogP contribution in [-0.4, -0.2) is 17.8 Å². The Kier molecular flexibility index (Phi) is 4.95. The lowest BCUT2D eigenvalue weighted by atomic mass is 10.1. The van der Waals surface area contributed by atoms with Crippen molar-refractivity contribution in [3.8, 4) is 5.75 Å². The van der Waals surface area contributed by atoms with Gasteiger partial charge in [0.25, 0.3) is 0 Å². The van der Waals surface area contributed by atoms with E-state index in [-0.39, 0.29) is 12.6 Å². The van der Waals surface area contributed by atoms with Crippen LogP contribution in [0, 0.1) is 0 Å². The average Bonchev–Trinajstić information content (AvgIpc) is 2.47. The van der Waals surface area contributed by atoms with Gasteiger partial charge in [0.1, 0.15) is 12.4 Å². The van der Waals surface area contributed by atoms with E-state index in [1.807, 2.05) is 54.6 Å². The number of hydrogen-bond donors (Lipinski definition) is 2. The van der Waals surface area contributed by atoms with E-state index in [0.717, 1.165) is 16.9 Å². The topological polar surface area (TPSA) is 55.5 Å². The van der Waals surface area contributed by atoms with E-state index >= 15 is 0 Å². The van der Waals surface area contributed by atoms with E-state index in [9.17, 15) is 0 Å². The third-order valence-corrected chi connectivity index (χ3v) is 2.90. The average molecular weight is 257 g/mol. The molecule has 0 spiro atoms. The first kappa shape index (κ1) is 13.6. The highest BCUT2D eigenvalue weighted by Gasteiger charge is 2.02. The summed E-state index contributed by atoms with van der Waals surface area (Å²) < 4.78 is 5.70. The highest BCUT2D eigenvalue weighted by Crippen LogP contribution is 2.15. The summed E-state index contributed by atoms with van der Waals surface area (Å²) in [4.78, 5) is 0. The van der Waals surface area contributed by atoms with Crippen molar-refractivity contribution in [3.63, 3.8) is 0 Å². The number of benzene rings is 2. The normalized spacial score (nSPS) is 12.1. The molecule has 2 aromatic carbocycles. The molecule has 0 saturated carbocycles. The number of nitrogens with two attached hydrogens (primary N) is 1. The highest BCUT2D eigenvalue weighted by atomic mass is 16.5. The molecule has 1 atom stereocenters. The van der Waals surface area contributed by atoms with E-state index in [1.165, 1.54) is 0 Å². The molecule has 0 saturated heterocycles. The quantitative estimate of drug-likeness (QED) is 0.833. The lowest BCUT2D eigenvalue weighted by molar-refractivity contribution is 0.265. The lowest BCUT2D eigenvalue weighted by Gasteiger charge is -2.10. The van der Waals surface area contributed by atoms with Gasteiger partial charge >= 0.3 is 0 Å². The zero-order valence-electron chi connectivity index (χ0n) is 10.8. The second-order valence-corrected chi connectivity index (χ2v) is 4.57. The number of ether oxygens (including phenoxy) is 1. The largest absolute Gasteiger partial charge is 0.489 e. The summed E-state index contributed by atoms with van der Waals surface area (Å²) in [5.74, 6) is 0.838. The summed E-state index contributed by atoms with van der Waals surface area (Å²) in [7, 11) is 0. The smallest absolute Gasteiger partial charge is 0.119 e. The van der Waals surface area contributed by atoms with Crippen molar-refractivity contribution >= 4 is 0 Å². The molecule has 0 aromatic heterocycles. The first-order valence-corrected chi connectivity index (χ1v) is 6.40. The molecule has 0 aliphatic rings. The van der Waals surface area contributed by atoms with Crippen LogP contribution >= 0.6 is 0 Å². The maximum Gasteiger partial charge on any atom is 0.119 e. The Morgan fingerprint density at radius 3 is 2.26 bits per heavy atom. The Bertz CT molecular complexity index is 482. The molecule has 2 aromatic rings. The van der Waals surface area contributed by atoms with E-state index in [2.05, 4.69) is 0 Å². The fraction of sp³-hybridized carbons (Fsp3) is 0.250. The number of rotatable bonds is 6. The maximum atomic E-state index is 8.91. The van der Waals surface area contributed by atoms with Crippen molar-refractivity contribution in [2.75, 3.05) is 6.61 Å². The third kappa shape index (κ3) is 4.39. The molecule has 3 N–H and O–H groups in total. The van der Waals surface area contributed by atoms with Gasteiger partial charge in [0.15, 0.2) is 0 Å². The molecule has 0 bridgehead atoms. The van der Waals surface area contributed by atoms with Gasteiger partial charge in [-0.2, -0.15) is 0 Å². The van der Waals surface area contributed by atoms with E-state index in [0.29, 0.717) is 13.0 Å². The Morgan fingerprint density at radius 1 is 0.947 bits per heavy atom. The molecule has 0 heterocycles. The summed E-state index contributed by atoms with van der Waals surface area (Å²) in [5, 5.41) is 8.91. The van der Waals surface area contributed by atoms with Crippen LogP contribution in [0.25, 0.3) is 0 Å². The SMILES string of the molecule is NC(CO)Cc1ccc(OCc2ccccc2)cc1. The van der Waals surface area contributed by atoms with Crippen LogP contribution in [0.2, 0.25) is 0 Å². The maximum absolute atomic E-state index is 8.91. The Morgan fingerprint density at radius 2 is 1.63 bits per heavy atom. The molecule has 0 aliphatic carbocycles. The van der Waals surface area contributed by atoms with Crippen molar-refractivity contribution in [3.05, 3.63) is 65.7 Å². The number of hydrogen-bond acceptors (Lipinski definition) is 3. The van der Waals surface area contributed by atoms with Crippen LogP contribution in [0.15, 0.2) is 54.6 Å². The van der Waals surface area contributed by atoms with Crippen LogP contribution in [0.4, 0.5) is 0 Å². The van der Waals surface area contributed by atoms with E-state index in [1.54, 1.807) is 0 Å². The number of aliphatic hydroxyl groups excluding tert-OH is 1. The van der Waals surface area contributed by atoms with Gasteiger partial charge in [-0.25, -0.2) is 0 Å². The van der Waals surface area contributed by atoms with E-state index in [4.69, 9.17) is 15.6 Å². The Labute approximate surface area is 113 Å². The molecule has 0 radical (unpaired) electrons. The van der Waals surface area contributed by atoms with E-state index < -0.39 is 0 Å². The molecular weight excluding hydrogens is 238 g/mol. The highest BCUT2D eigenvalue weighted by molar-refractivity contribution is 5.28. The molecule has 1 unspecified atom stereocenters. The molecule has 0 amide bonds. The minimum atomic E-state index is -0.198. The first-order chi connectivity index (χ1) is 9.28. The predicted molar refractivity (Wildman–Crippen MR) is 76.0 cm³/mol. The standard InChI is InChI=1S/C16H19NO2/c17-15(11-18)10-13-6-8-16(9-7-13)19-12-14-4-2-1-3-5-14/h1-9,15,18H,10-12,17H2. The molecule has 100 valence electrons. The zero-order valence-corrected chi connectivity index (χ0v) is 10.8. The third-order valence-electron chi connectivity index (χ3n) is 2.90. The molecule has 3 heteroatoms. The molecular formula is C16H19NO2. The predicted octanol–water partition coefficient (Wildman–Crippen LogP) is 2.13. The van der Waals surface area contributed by atoms with Crippen LogP contribution in [0.3, 0.4) is 0 Å². The van der Waals surface area contributed by atoms with Crippen LogP contribution in [-0.2, 0) is 13.0 Å². The molecule has 19 heavy (non-hydrogen) atoms. The van der Waals surface area contributed by atoms with Crippen molar-refractivity contribution in [2.45, 2.75) is 19.1 Å².